The molecule has 0 saturated carbocycles. The number of nitrogens with zero attached hydrogens (tertiary/aromatic N) is 4. The Labute approximate surface area is 174 Å². The molecule has 5 nitrogen and oxygen atoms in total. The van der Waals surface area contributed by atoms with Crippen molar-refractivity contribution >= 4 is 16.9 Å². The molecule has 1 atom stereocenters. The normalized spacial score (nSPS) is 27.0. The van der Waals surface area contributed by atoms with Gasteiger partial charge < -0.3 is 9.64 Å². The average Bonchev–Trinajstić information content (AvgIpc) is 3.09. The van der Waals surface area contributed by atoms with Crippen LogP contribution in [0.4, 0.5) is 5.82 Å². The second-order valence-corrected chi connectivity index (χ2v) is 9.94. The summed E-state index contributed by atoms with van der Waals surface area (Å²) < 4.78 is 5.95. The van der Waals surface area contributed by atoms with Crippen LogP contribution in [0.3, 0.4) is 0 Å². The lowest BCUT2D eigenvalue weighted by molar-refractivity contribution is -0.0806. The molecular formula is C24H34N4O. The van der Waals surface area contributed by atoms with Gasteiger partial charge in [-0.2, -0.15) is 0 Å². The summed E-state index contributed by atoms with van der Waals surface area (Å²) in [5.74, 6) is 1.81. The van der Waals surface area contributed by atoms with E-state index in [1.165, 1.54) is 51.6 Å². The molecule has 0 radical (unpaired) electrons. The SMILES string of the molecule is CC1(C)C[C@@H](CN2CCCC23CCN(c2cnc4ccccc4n2)CC3)CCO1. The molecule has 0 amide bonds. The largest absolute Gasteiger partial charge is 0.376 e. The molecule has 5 heteroatoms. The Bertz CT molecular complexity index is 859. The minimum Gasteiger partial charge on any atom is -0.376 e. The first-order chi connectivity index (χ1) is 14.0. The number of hydrogen-bond donors (Lipinski definition) is 0. The van der Waals surface area contributed by atoms with E-state index in [4.69, 9.17) is 9.72 Å². The lowest BCUT2D eigenvalue weighted by Gasteiger charge is -2.47. The molecule has 3 saturated heterocycles. The van der Waals surface area contributed by atoms with Crippen LogP contribution in [0.1, 0.15) is 52.4 Å². The number of anilines is 1. The predicted molar refractivity (Wildman–Crippen MR) is 117 cm³/mol. The van der Waals surface area contributed by atoms with E-state index in [1.807, 2.05) is 24.4 Å². The van der Waals surface area contributed by atoms with Crippen LogP contribution in [0.25, 0.3) is 11.0 Å². The number of rotatable bonds is 3. The zero-order chi connectivity index (χ0) is 19.9. The van der Waals surface area contributed by atoms with E-state index in [-0.39, 0.29) is 5.60 Å². The first-order valence-electron chi connectivity index (χ1n) is 11.4. The van der Waals surface area contributed by atoms with Gasteiger partial charge in [0.05, 0.1) is 22.8 Å². The second kappa shape index (κ2) is 7.51. The van der Waals surface area contributed by atoms with Crippen LogP contribution in [0.15, 0.2) is 30.5 Å². The Morgan fingerprint density at radius 2 is 1.86 bits per heavy atom. The van der Waals surface area contributed by atoms with Gasteiger partial charge in [-0.3, -0.25) is 9.88 Å². The van der Waals surface area contributed by atoms with Crippen molar-refractivity contribution in [2.24, 2.45) is 5.92 Å². The van der Waals surface area contributed by atoms with Crippen LogP contribution >= 0.6 is 0 Å². The minimum atomic E-state index is 0.0495. The van der Waals surface area contributed by atoms with Gasteiger partial charge in [-0.1, -0.05) is 12.1 Å². The second-order valence-electron chi connectivity index (χ2n) is 9.94. The standard InChI is InChI=1S/C24H34N4O/c1-23(2)16-19(8-15-29-23)18-28-12-5-9-24(28)10-13-27(14-11-24)22-17-25-20-6-3-4-7-21(20)26-22/h3-4,6-7,17,19H,5,8-16,18H2,1-2H3/t19-/m0/s1. The molecule has 1 aromatic heterocycles. The summed E-state index contributed by atoms with van der Waals surface area (Å²) in [7, 11) is 0. The maximum Gasteiger partial charge on any atom is 0.147 e. The number of hydrogen-bond acceptors (Lipinski definition) is 5. The molecule has 3 fully saturated rings. The Balaban J connectivity index is 1.25. The first kappa shape index (κ1) is 19.3. The molecular weight excluding hydrogens is 360 g/mol. The van der Waals surface area contributed by atoms with E-state index in [2.05, 4.69) is 34.7 Å². The van der Waals surface area contributed by atoms with Crippen LogP contribution < -0.4 is 4.90 Å². The fourth-order valence-electron chi connectivity index (χ4n) is 5.92. The van der Waals surface area contributed by atoms with E-state index in [9.17, 15) is 0 Å². The fourth-order valence-corrected chi connectivity index (χ4v) is 5.92. The molecule has 0 unspecified atom stereocenters. The lowest BCUT2D eigenvalue weighted by atomic mass is 9.82. The smallest absolute Gasteiger partial charge is 0.147 e. The highest BCUT2D eigenvalue weighted by Gasteiger charge is 2.44. The lowest BCUT2D eigenvalue weighted by Crippen LogP contribution is -2.54. The monoisotopic (exact) mass is 394 g/mol. The van der Waals surface area contributed by atoms with Crippen molar-refractivity contribution in [2.45, 2.75) is 63.5 Å². The number of ether oxygens (including phenoxy) is 1. The third-order valence-electron chi connectivity index (χ3n) is 7.47. The van der Waals surface area contributed by atoms with Gasteiger partial charge in [-0.25, -0.2) is 4.98 Å². The van der Waals surface area contributed by atoms with E-state index in [0.29, 0.717) is 5.54 Å². The summed E-state index contributed by atoms with van der Waals surface area (Å²) in [6.07, 6.45) is 9.56. The molecule has 0 N–H and O–H groups in total. The molecule has 156 valence electrons. The summed E-state index contributed by atoms with van der Waals surface area (Å²) in [4.78, 5) is 14.8. The van der Waals surface area contributed by atoms with Gasteiger partial charge in [-0.15, -0.1) is 0 Å². The quantitative estimate of drug-likeness (QED) is 0.778. The van der Waals surface area contributed by atoms with Crippen LogP contribution in [-0.2, 0) is 4.74 Å². The maximum absolute atomic E-state index is 5.95. The van der Waals surface area contributed by atoms with Gasteiger partial charge in [0.1, 0.15) is 5.82 Å². The summed E-state index contributed by atoms with van der Waals surface area (Å²) in [6, 6.07) is 8.16. The minimum absolute atomic E-state index is 0.0495. The van der Waals surface area contributed by atoms with E-state index in [0.717, 1.165) is 42.5 Å². The first-order valence-corrected chi connectivity index (χ1v) is 11.4. The van der Waals surface area contributed by atoms with Crippen LogP contribution in [-0.4, -0.2) is 58.8 Å². The number of benzene rings is 1. The Morgan fingerprint density at radius 1 is 1.07 bits per heavy atom. The molecule has 0 bridgehead atoms. The average molecular weight is 395 g/mol. The van der Waals surface area contributed by atoms with Crippen molar-refractivity contribution in [3.05, 3.63) is 30.5 Å². The van der Waals surface area contributed by atoms with Crippen molar-refractivity contribution in [1.29, 1.82) is 0 Å². The van der Waals surface area contributed by atoms with Gasteiger partial charge in [0.15, 0.2) is 0 Å². The molecule has 3 aliphatic rings. The van der Waals surface area contributed by atoms with E-state index in [1.54, 1.807) is 0 Å². The van der Waals surface area contributed by atoms with Crippen molar-refractivity contribution in [3.63, 3.8) is 0 Å². The predicted octanol–water partition coefficient (Wildman–Crippen LogP) is 4.27. The third-order valence-corrected chi connectivity index (χ3v) is 7.47. The molecule has 2 aromatic rings. The van der Waals surface area contributed by atoms with Crippen LogP contribution in [0.5, 0.6) is 0 Å². The molecule has 1 spiro atoms. The number of likely N-dealkylation sites (tertiary alicyclic amines) is 1. The van der Waals surface area contributed by atoms with Crippen molar-refractivity contribution < 1.29 is 4.74 Å². The van der Waals surface area contributed by atoms with Gasteiger partial charge in [-0.05, 0) is 77.0 Å². The zero-order valence-electron chi connectivity index (χ0n) is 17.9. The topological polar surface area (TPSA) is 41.5 Å². The Morgan fingerprint density at radius 3 is 2.66 bits per heavy atom. The van der Waals surface area contributed by atoms with Crippen LogP contribution in [0, 0.1) is 5.92 Å². The highest BCUT2D eigenvalue weighted by molar-refractivity contribution is 5.75. The molecule has 0 aliphatic carbocycles. The molecule has 29 heavy (non-hydrogen) atoms. The maximum atomic E-state index is 5.95. The van der Waals surface area contributed by atoms with E-state index >= 15 is 0 Å². The van der Waals surface area contributed by atoms with Crippen molar-refractivity contribution in [1.82, 2.24) is 14.9 Å². The number of aromatic nitrogens is 2. The van der Waals surface area contributed by atoms with Crippen molar-refractivity contribution in [3.8, 4) is 0 Å². The summed E-state index contributed by atoms with van der Waals surface area (Å²) in [6.45, 7) is 10.1. The summed E-state index contributed by atoms with van der Waals surface area (Å²) in [5, 5.41) is 0. The third kappa shape index (κ3) is 3.87. The fraction of sp³-hybridized carbons (Fsp3) is 0.667. The Hall–Kier alpha value is -1.72. The van der Waals surface area contributed by atoms with Gasteiger partial charge in [0, 0.05) is 31.8 Å². The number of piperidine rings is 1. The van der Waals surface area contributed by atoms with E-state index < -0.39 is 0 Å². The molecule has 3 aliphatic heterocycles. The Kier molecular flexibility index (Phi) is 4.99. The molecule has 1 aromatic carbocycles. The van der Waals surface area contributed by atoms with Gasteiger partial charge in [0.25, 0.3) is 0 Å². The number of para-hydroxylation sites is 2. The van der Waals surface area contributed by atoms with Gasteiger partial charge in [0.2, 0.25) is 0 Å². The number of fused-ring (bicyclic) bond motifs is 1. The zero-order valence-corrected chi connectivity index (χ0v) is 17.9. The summed E-state index contributed by atoms with van der Waals surface area (Å²) in [5.41, 5.74) is 2.43. The highest BCUT2D eigenvalue weighted by atomic mass is 16.5. The van der Waals surface area contributed by atoms with Crippen LogP contribution in [0.2, 0.25) is 0 Å². The molecule has 5 rings (SSSR count). The highest BCUT2D eigenvalue weighted by Crippen LogP contribution is 2.41. The molecule has 4 heterocycles. The van der Waals surface area contributed by atoms with Gasteiger partial charge >= 0.3 is 0 Å². The summed E-state index contributed by atoms with van der Waals surface area (Å²) >= 11 is 0. The van der Waals surface area contributed by atoms with Crippen molar-refractivity contribution in [2.75, 3.05) is 37.7 Å².